The molecule has 0 saturated carbocycles. The molecule has 32 heavy (non-hydrogen) atoms. The Hall–Kier alpha value is 0.780. The third-order valence-electron chi connectivity index (χ3n) is 3.47. The first-order valence-corrected chi connectivity index (χ1v) is 9.32. The van der Waals surface area contributed by atoms with E-state index in [2.05, 4.69) is 23.2 Å². The molecule has 0 aromatic carbocycles. The second-order valence-corrected chi connectivity index (χ2v) is 9.47. The average Bonchev–Trinajstić information content (AvgIpc) is 2.51. The van der Waals surface area contributed by atoms with Crippen molar-refractivity contribution < 1.29 is 79.0 Å². The quantitative estimate of drug-likeness (QED) is 0.131. The van der Waals surface area contributed by atoms with E-state index in [0.717, 1.165) is 0 Å². The Morgan fingerprint density at radius 3 is 0.906 bits per heavy atom. The summed E-state index contributed by atoms with van der Waals surface area (Å²) in [5.74, 6) is -40.4. The highest BCUT2D eigenvalue weighted by Gasteiger charge is 2.95. The van der Waals surface area contributed by atoms with E-state index in [1.165, 1.54) is 0 Å². The summed E-state index contributed by atoms with van der Waals surface area (Å²) in [4.78, 5) is 0. The normalized spacial score (nSPS) is 21.6. The SMILES string of the molecule is FC(F)(F)C(F)(F)C(F)(F)C(F)(F)C(F)(F)C(F)(I)C(F)(Cl)C(F)(F)C(F)(Cl)C(F)(F)I. The van der Waals surface area contributed by atoms with Crippen LogP contribution in [0.4, 0.5) is 79.0 Å². The van der Waals surface area contributed by atoms with Gasteiger partial charge in [0.05, 0.1) is 0 Å². The summed E-state index contributed by atoms with van der Waals surface area (Å²) < 4.78 is 225. The largest absolute Gasteiger partial charge is 0.460 e. The minimum atomic E-state index is -8.44. The number of halogens is 22. The van der Waals surface area contributed by atoms with Crippen LogP contribution in [0.15, 0.2) is 0 Å². The third-order valence-corrected chi connectivity index (χ3v) is 7.25. The van der Waals surface area contributed by atoms with Crippen LogP contribution < -0.4 is 0 Å². The topological polar surface area (TPSA) is 0 Å². The molecule has 0 aliphatic heterocycles. The fourth-order valence-electron chi connectivity index (χ4n) is 1.54. The fourth-order valence-corrected chi connectivity index (χ4v) is 2.98. The van der Waals surface area contributed by atoms with Crippen LogP contribution in [0.5, 0.6) is 0 Å². The Balaban J connectivity index is 7.00. The summed E-state index contributed by atoms with van der Waals surface area (Å²) in [6.45, 7) is 0. The first kappa shape index (κ1) is 32.8. The van der Waals surface area contributed by atoms with Crippen LogP contribution in [0.1, 0.15) is 0 Å². The second-order valence-electron chi connectivity index (χ2n) is 5.59. The summed E-state index contributed by atoms with van der Waals surface area (Å²) in [6.07, 6.45) is -7.76. The molecule has 0 fully saturated rings. The van der Waals surface area contributed by atoms with Crippen molar-refractivity contribution in [2.24, 2.45) is 0 Å². The fraction of sp³-hybridized carbons (Fsp3) is 1.00. The van der Waals surface area contributed by atoms with Gasteiger partial charge in [-0.25, -0.2) is 13.2 Å². The standard InChI is InChI=1S/C10Cl2F18I2/c11-1(13,3(15,16)2(12,14)10(29,30)32)8(25,31)6(21,22)4(17,18)5(19,20)7(23,24)9(26,27)28. The minimum absolute atomic E-state index is 0.668. The molecule has 0 spiro atoms. The van der Waals surface area contributed by atoms with Gasteiger partial charge in [-0.2, -0.15) is 65.9 Å². The van der Waals surface area contributed by atoms with E-state index < -0.39 is 98.8 Å². The molecule has 3 unspecified atom stereocenters. The van der Waals surface area contributed by atoms with Gasteiger partial charge in [-0.15, -0.1) is 0 Å². The number of hydrogen-bond acceptors (Lipinski definition) is 0. The predicted octanol–water partition coefficient (Wildman–Crippen LogP) is 8.66. The van der Waals surface area contributed by atoms with Gasteiger partial charge in [0.2, 0.25) is 0 Å². The van der Waals surface area contributed by atoms with Crippen molar-refractivity contribution >= 4 is 68.4 Å². The van der Waals surface area contributed by atoms with Crippen LogP contribution in [-0.4, -0.2) is 53.6 Å². The second kappa shape index (κ2) is 8.15. The molecule has 0 aliphatic rings. The maximum atomic E-state index is 14.2. The van der Waals surface area contributed by atoms with E-state index in [1.807, 2.05) is 0 Å². The van der Waals surface area contributed by atoms with Gasteiger partial charge < -0.3 is 0 Å². The first-order chi connectivity index (χ1) is 13.2. The van der Waals surface area contributed by atoms with Gasteiger partial charge in [-0.05, 0) is 22.6 Å². The maximum Gasteiger partial charge on any atom is 0.460 e. The molecule has 0 bridgehead atoms. The lowest BCUT2D eigenvalue weighted by Gasteiger charge is -2.46. The molecule has 22 heteroatoms. The lowest BCUT2D eigenvalue weighted by molar-refractivity contribution is -0.431. The van der Waals surface area contributed by atoms with Crippen molar-refractivity contribution in [2.75, 3.05) is 0 Å². The summed E-state index contributed by atoms with van der Waals surface area (Å²) in [6, 6.07) is 0. The molecule has 0 nitrogen and oxygen atoms in total. The number of hydrogen-bond donors (Lipinski definition) is 0. The van der Waals surface area contributed by atoms with Crippen molar-refractivity contribution in [3.05, 3.63) is 0 Å². The van der Waals surface area contributed by atoms with Crippen LogP contribution in [0.2, 0.25) is 0 Å². The third kappa shape index (κ3) is 4.08. The van der Waals surface area contributed by atoms with E-state index in [4.69, 9.17) is 0 Å². The van der Waals surface area contributed by atoms with Gasteiger partial charge in [0.15, 0.2) is 0 Å². The maximum absolute atomic E-state index is 14.2. The molecule has 3 atom stereocenters. The minimum Gasteiger partial charge on any atom is -0.220 e. The molecule has 0 rings (SSSR count). The highest BCUT2D eigenvalue weighted by atomic mass is 127. The number of alkyl halides is 22. The number of rotatable bonds is 8. The highest BCUT2D eigenvalue weighted by molar-refractivity contribution is 14.1. The van der Waals surface area contributed by atoms with Gasteiger partial charge in [0.1, 0.15) is 0 Å². The lowest BCUT2D eigenvalue weighted by Crippen LogP contribution is -2.75. The van der Waals surface area contributed by atoms with Crippen molar-refractivity contribution in [3.8, 4) is 0 Å². The van der Waals surface area contributed by atoms with E-state index in [1.54, 1.807) is 0 Å². The summed E-state index contributed by atoms with van der Waals surface area (Å²) in [7, 11) is 0. The molecule has 0 heterocycles. The average molecular weight is 787 g/mol. The van der Waals surface area contributed by atoms with Crippen molar-refractivity contribution in [2.45, 2.75) is 53.6 Å². The Labute approximate surface area is 200 Å². The zero-order valence-corrected chi connectivity index (χ0v) is 19.1. The van der Waals surface area contributed by atoms with Crippen molar-refractivity contribution in [1.82, 2.24) is 0 Å². The molecule has 0 N–H and O–H groups in total. The first-order valence-electron chi connectivity index (χ1n) is 6.41. The Morgan fingerprint density at radius 1 is 0.375 bits per heavy atom. The molecule has 0 amide bonds. The molecule has 0 radical (unpaired) electrons. The molecule has 0 saturated heterocycles. The molecular formula is C10Cl2F18I2. The monoisotopic (exact) mass is 786 g/mol. The van der Waals surface area contributed by atoms with E-state index in [-0.39, 0.29) is 0 Å². The van der Waals surface area contributed by atoms with Gasteiger partial charge >= 0.3 is 50.0 Å². The Kier molecular flexibility index (Phi) is 8.35. The van der Waals surface area contributed by atoms with Crippen molar-refractivity contribution in [3.63, 3.8) is 0 Å². The van der Waals surface area contributed by atoms with Gasteiger partial charge in [-0.3, -0.25) is 0 Å². The van der Waals surface area contributed by atoms with Gasteiger partial charge in [0.25, 0.3) is 3.68 Å². The molecule has 194 valence electrons. The lowest BCUT2D eigenvalue weighted by atomic mass is 9.90. The highest BCUT2D eigenvalue weighted by Crippen LogP contribution is 2.68. The van der Waals surface area contributed by atoms with Crippen LogP contribution in [0.25, 0.3) is 0 Å². The molecule has 0 aliphatic carbocycles. The van der Waals surface area contributed by atoms with E-state index in [9.17, 15) is 79.0 Å². The van der Waals surface area contributed by atoms with Gasteiger partial charge in [-0.1, -0.05) is 23.2 Å². The summed E-state index contributed by atoms with van der Waals surface area (Å²) in [5, 5.41) is -13.4. The van der Waals surface area contributed by atoms with Crippen LogP contribution in [-0.2, 0) is 0 Å². The summed E-state index contributed by atoms with van der Waals surface area (Å²) in [5.41, 5.74) is 0. The summed E-state index contributed by atoms with van der Waals surface area (Å²) >= 11 is 5.87. The zero-order chi connectivity index (χ0) is 27.0. The van der Waals surface area contributed by atoms with Crippen molar-refractivity contribution in [1.29, 1.82) is 0 Å². The van der Waals surface area contributed by atoms with Gasteiger partial charge in [0, 0.05) is 22.6 Å². The van der Waals surface area contributed by atoms with Crippen LogP contribution >= 0.6 is 68.4 Å². The van der Waals surface area contributed by atoms with Crippen LogP contribution in [0, 0.1) is 0 Å². The van der Waals surface area contributed by atoms with Crippen LogP contribution in [0.3, 0.4) is 0 Å². The molecule has 0 aromatic heterocycles. The Morgan fingerprint density at radius 2 is 0.656 bits per heavy atom. The molecular weight excluding hydrogens is 787 g/mol. The zero-order valence-electron chi connectivity index (χ0n) is 13.3. The molecule has 0 aromatic rings. The van der Waals surface area contributed by atoms with E-state index in [0.29, 0.717) is 0 Å². The predicted molar refractivity (Wildman–Crippen MR) is 87.0 cm³/mol. The van der Waals surface area contributed by atoms with E-state index >= 15 is 0 Å². The Bertz CT molecular complexity index is 646. The smallest absolute Gasteiger partial charge is 0.220 e.